The molecule has 1 fully saturated rings. The molecule has 0 spiro atoms. The van der Waals surface area contributed by atoms with Gasteiger partial charge in [0.2, 0.25) is 0 Å². The van der Waals surface area contributed by atoms with Crippen LogP contribution < -0.4 is 4.90 Å². The van der Waals surface area contributed by atoms with E-state index < -0.39 is 0 Å². The van der Waals surface area contributed by atoms with E-state index in [-0.39, 0.29) is 5.75 Å². The van der Waals surface area contributed by atoms with Gasteiger partial charge in [-0.3, -0.25) is 0 Å². The van der Waals surface area contributed by atoms with Crippen LogP contribution >= 0.6 is 11.3 Å². The van der Waals surface area contributed by atoms with Crippen molar-refractivity contribution in [3.63, 3.8) is 0 Å². The molecule has 0 unspecified atom stereocenters. The van der Waals surface area contributed by atoms with Crippen LogP contribution in [-0.4, -0.2) is 41.4 Å². The first kappa shape index (κ1) is 16.0. The minimum absolute atomic E-state index is 0.240. The molecule has 5 nitrogen and oxygen atoms in total. The number of nitrogens with zero attached hydrogens (tertiary/aromatic N) is 3. The number of morpholine rings is 1. The number of thiophene rings is 1. The van der Waals surface area contributed by atoms with Gasteiger partial charge in [-0.1, -0.05) is 12.1 Å². The standard InChI is InChI=1S/C20H21N3O2S/c24-14-5-3-4-13(12-14)18-21-19(23-8-10-25-11-9-23)17-15-6-1-2-7-16(15)26-20(17)22-18/h3-5,12,24H,1-2,6-11H2. The fourth-order valence-electron chi connectivity index (χ4n) is 3.92. The number of hydrogen-bond acceptors (Lipinski definition) is 6. The summed E-state index contributed by atoms with van der Waals surface area (Å²) in [7, 11) is 0. The second-order valence-electron chi connectivity index (χ2n) is 6.91. The van der Waals surface area contributed by atoms with Crippen molar-refractivity contribution in [2.45, 2.75) is 25.7 Å². The molecule has 2 aromatic heterocycles. The number of benzene rings is 1. The quantitative estimate of drug-likeness (QED) is 0.747. The molecule has 0 bridgehead atoms. The summed E-state index contributed by atoms with van der Waals surface area (Å²) in [4.78, 5) is 14.7. The molecule has 1 N–H and O–H groups in total. The summed E-state index contributed by atoms with van der Waals surface area (Å²) in [6, 6.07) is 7.20. The smallest absolute Gasteiger partial charge is 0.163 e. The number of aromatic hydroxyl groups is 1. The molecule has 26 heavy (non-hydrogen) atoms. The van der Waals surface area contributed by atoms with Gasteiger partial charge in [-0.2, -0.15) is 0 Å². The minimum atomic E-state index is 0.240. The third-order valence-corrected chi connectivity index (χ3v) is 6.40. The van der Waals surface area contributed by atoms with Crippen molar-refractivity contribution in [3.05, 3.63) is 34.7 Å². The van der Waals surface area contributed by atoms with Crippen LogP contribution in [0.5, 0.6) is 5.75 Å². The Morgan fingerprint density at radius 3 is 2.77 bits per heavy atom. The Bertz CT molecular complexity index is 963. The maximum atomic E-state index is 9.86. The van der Waals surface area contributed by atoms with Crippen molar-refractivity contribution in [1.29, 1.82) is 0 Å². The topological polar surface area (TPSA) is 58.5 Å². The third kappa shape index (κ3) is 2.73. The number of ether oxygens (including phenoxy) is 1. The van der Waals surface area contributed by atoms with Crippen molar-refractivity contribution < 1.29 is 9.84 Å². The van der Waals surface area contributed by atoms with Crippen LogP contribution in [0.25, 0.3) is 21.6 Å². The van der Waals surface area contributed by atoms with Crippen LogP contribution in [0.4, 0.5) is 5.82 Å². The molecule has 3 heterocycles. The van der Waals surface area contributed by atoms with Crippen molar-refractivity contribution in [2.75, 3.05) is 31.2 Å². The molecule has 3 aromatic rings. The van der Waals surface area contributed by atoms with E-state index in [0.717, 1.165) is 55.4 Å². The zero-order valence-corrected chi connectivity index (χ0v) is 15.4. The molecule has 1 aromatic carbocycles. The summed E-state index contributed by atoms with van der Waals surface area (Å²) < 4.78 is 5.54. The zero-order chi connectivity index (χ0) is 17.5. The normalized spacial score (nSPS) is 17.5. The highest BCUT2D eigenvalue weighted by Crippen LogP contribution is 2.41. The summed E-state index contributed by atoms with van der Waals surface area (Å²) in [6.45, 7) is 3.19. The SMILES string of the molecule is Oc1cccc(-c2nc(N3CCOCC3)c3c4c(sc3n2)CCCC4)c1. The predicted octanol–water partition coefficient (Wildman–Crippen LogP) is 3.78. The third-order valence-electron chi connectivity index (χ3n) is 5.21. The van der Waals surface area contributed by atoms with E-state index in [0.29, 0.717) is 5.82 Å². The van der Waals surface area contributed by atoms with Crippen LogP contribution in [0.2, 0.25) is 0 Å². The van der Waals surface area contributed by atoms with E-state index in [1.807, 2.05) is 23.5 Å². The number of fused-ring (bicyclic) bond motifs is 3. The lowest BCUT2D eigenvalue weighted by atomic mass is 9.97. The summed E-state index contributed by atoms with van der Waals surface area (Å²) in [5, 5.41) is 11.1. The predicted molar refractivity (Wildman–Crippen MR) is 104 cm³/mol. The monoisotopic (exact) mass is 367 g/mol. The second-order valence-corrected chi connectivity index (χ2v) is 8.00. The van der Waals surface area contributed by atoms with Crippen LogP contribution in [0.1, 0.15) is 23.3 Å². The maximum Gasteiger partial charge on any atom is 0.163 e. The molecule has 1 aliphatic heterocycles. The lowest BCUT2D eigenvalue weighted by Crippen LogP contribution is -2.37. The number of aryl methyl sites for hydroxylation is 2. The second kappa shape index (κ2) is 6.52. The van der Waals surface area contributed by atoms with E-state index in [2.05, 4.69) is 4.90 Å². The Morgan fingerprint density at radius 1 is 1.08 bits per heavy atom. The van der Waals surface area contributed by atoms with Gasteiger partial charge in [0.15, 0.2) is 5.82 Å². The minimum Gasteiger partial charge on any atom is -0.508 e. The number of phenols is 1. The highest BCUT2D eigenvalue weighted by Gasteiger charge is 2.25. The van der Waals surface area contributed by atoms with Gasteiger partial charge in [0, 0.05) is 23.5 Å². The van der Waals surface area contributed by atoms with Crippen LogP contribution in [0.3, 0.4) is 0 Å². The van der Waals surface area contributed by atoms with Gasteiger partial charge in [-0.15, -0.1) is 11.3 Å². The Hall–Kier alpha value is -2.18. The van der Waals surface area contributed by atoms with Gasteiger partial charge < -0.3 is 14.7 Å². The van der Waals surface area contributed by atoms with E-state index in [9.17, 15) is 5.11 Å². The molecule has 5 rings (SSSR count). The van der Waals surface area contributed by atoms with E-state index in [1.165, 1.54) is 28.7 Å². The molecule has 0 atom stereocenters. The highest BCUT2D eigenvalue weighted by molar-refractivity contribution is 7.19. The van der Waals surface area contributed by atoms with Crippen LogP contribution in [0.15, 0.2) is 24.3 Å². The Morgan fingerprint density at radius 2 is 1.92 bits per heavy atom. The van der Waals surface area contributed by atoms with Gasteiger partial charge in [0.1, 0.15) is 16.4 Å². The number of phenolic OH excluding ortho intramolecular Hbond substituents is 1. The van der Waals surface area contributed by atoms with Gasteiger partial charge in [-0.05, 0) is 43.4 Å². The first-order valence-corrected chi connectivity index (χ1v) is 10.1. The molecule has 1 saturated heterocycles. The Balaban J connectivity index is 1.73. The lowest BCUT2D eigenvalue weighted by molar-refractivity contribution is 0.122. The molecular weight excluding hydrogens is 346 g/mol. The fraction of sp³-hybridized carbons (Fsp3) is 0.400. The molecule has 0 amide bonds. The van der Waals surface area contributed by atoms with Gasteiger partial charge in [0.05, 0.1) is 18.6 Å². The maximum absolute atomic E-state index is 9.86. The fourth-order valence-corrected chi connectivity index (χ4v) is 5.17. The number of aromatic nitrogens is 2. The molecule has 0 radical (unpaired) electrons. The zero-order valence-electron chi connectivity index (χ0n) is 14.6. The van der Waals surface area contributed by atoms with Crippen LogP contribution in [0, 0.1) is 0 Å². The first-order chi connectivity index (χ1) is 12.8. The molecule has 0 saturated carbocycles. The average Bonchev–Trinajstić information content (AvgIpc) is 3.06. The van der Waals surface area contributed by atoms with Crippen molar-refractivity contribution in [3.8, 4) is 17.1 Å². The molecule has 1 aliphatic carbocycles. The Labute approximate surface area is 156 Å². The molecule has 134 valence electrons. The number of anilines is 1. The molecule has 6 heteroatoms. The van der Waals surface area contributed by atoms with Crippen LogP contribution in [-0.2, 0) is 17.6 Å². The van der Waals surface area contributed by atoms with Crippen molar-refractivity contribution in [1.82, 2.24) is 9.97 Å². The van der Waals surface area contributed by atoms with Gasteiger partial charge in [-0.25, -0.2) is 9.97 Å². The highest BCUT2D eigenvalue weighted by atomic mass is 32.1. The number of rotatable bonds is 2. The van der Waals surface area contributed by atoms with Gasteiger partial charge in [0.25, 0.3) is 0 Å². The number of hydrogen-bond donors (Lipinski definition) is 1. The first-order valence-electron chi connectivity index (χ1n) is 9.24. The molecule has 2 aliphatic rings. The summed E-state index contributed by atoms with van der Waals surface area (Å²) in [5.74, 6) is 1.97. The van der Waals surface area contributed by atoms with E-state index >= 15 is 0 Å². The Kier molecular flexibility index (Phi) is 4.02. The summed E-state index contributed by atoms with van der Waals surface area (Å²) >= 11 is 1.82. The molecular formula is C20H21N3O2S. The summed E-state index contributed by atoms with van der Waals surface area (Å²) in [5.41, 5.74) is 2.31. The lowest BCUT2D eigenvalue weighted by Gasteiger charge is -2.29. The van der Waals surface area contributed by atoms with Crippen molar-refractivity contribution >= 4 is 27.4 Å². The van der Waals surface area contributed by atoms with E-state index in [4.69, 9.17) is 14.7 Å². The average molecular weight is 367 g/mol. The largest absolute Gasteiger partial charge is 0.508 e. The summed E-state index contributed by atoms with van der Waals surface area (Å²) in [6.07, 6.45) is 4.79. The van der Waals surface area contributed by atoms with Crippen molar-refractivity contribution in [2.24, 2.45) is 0 Å². The van der Waals surface area contributed by atoms with Gasteiger partial charge >= 0.3 is 0 Å². The van der Waals surface area contributed by atoms with E-state index in [1.54, 1.807) is 12.1 Å².